The highest BCUT2D eigenvalue weighted by molar-refractivity contribution is 6.51. The second-order valence-corrected chi connectivity index (χ2v) is 5.94. The topological polar surface area (TPSA) is 49.7 Å². The van der Waals surface area contributed by atoms with Gasteiger partial charge in [-0.15, -0.1) is 0 Å². The molecule has 2 N–H and O–H groups in total. The fourth-order valence-corrected chi connectivity index (χ4v) is 2.75. The molecule has 0 aromatic rings. The highest BCUT2D eigenvalue weighted by Crippen LogP contribution is 2.32. The summed E-state index contributed by atoms with van der Waals surface area (Å²) >= 11 is 0. The predicted molar refractivity (Wildman–Crippen MR) is 84.0 cm³/mol. The third-order valence-electron chi connectivity index (χ3n) is 4.19. The maximum Gasteiger partial charge on any atom is 0.490 e. The maximum atomic E-state index is 13.7. The first-order valence-corrected chi connectivity index (χ1v) is 7.79. The Bertz CT molecular complexity index is 427. The third-order valence-corrected chi connectivity index (χ3v) is 4.19. The molecule has 0 aromatic carbocycles. The Balaban J connectivity index is 2.43. The number of rotatable bonds is 8. The summed E-state index contributed by atoms with van der Waals surface area (Å²) in [5, 5.41) is 17.5. The van der Waals surface area contributed by atoms with Crippen LogP contribution >= 0.6 is 0 Å². The molecule has 1 saturated carbocycles. The number of hydrogen-bond acceptors (Lipinski definition) is 3. The van der Waals surface area contributed by atoms with E-state index in [1.54, 1.807) is 0 Å². The van der Waals surface area contributed by atoms with Crippen LogP contribution in [0, 0.1) is 11.8 Å². The molecule has 0 amide bonds. The average molecular weight is 314 g/mol. The molecule has 0 saturated heterocycles. The number of halogens is 2. The van der Waals surface area contributed by atoms with Crippen LogP contribution in [0.2, 0.25) is 0 Å². The van der Waals surface area contributed by atoms with Gasteiger partial charge in [0.1, 0.15) is 0 Å². The van der Waals surface area contributed by atoms with Crippen LogP contribution < -0.4 is 0 Å². The van der Waals surface area contributed by atoms with E-state index in [0.29, 0.717) is 12.5 Å². The summed E-state index contributed by atoms with van der Waals surface area (Å²) in [7, 11) is -2.15. The third kappa shape index (κ3) is 5.57. The van der Waals surface area contributed by atoms with Gasteiger partial charge in [0.25, 0.3) is 0 Å². The normalized spacial score (nSPS) is 22.8. The van der Waals surface area contributed by atoms with Gasteiger partial charge in [0, 0.05) is 5.47 Å². The summed E-state index contributed by atoms with van der Waals surface area (Å²) in [6.45, 7) is 8.89. The van der Waals surface area contributed by atoms with Crippen molar-refractivity contribution in [1.29, 1.82) is 0 Å². The van der Waals surface area contributed by atoms with Crippen LogP contribution in [0.3, 0.4) is 0 Å². The molecule has 0 aliphatic heterocycles. The highest BCUT2D eigenvalue weighted by atomic mass is 19.2. The van der Waals surface area contributed by atoms with E-state index in [9.17, 15) is 8.78 Å². The molecule has 0 spiro atoms. The molecule has 0 aromatic heterocycles. The van der Waals surface area contributed by atoms with E-state index >= 15 is 0 Å². The Morgan fingerprint density at radius 2 is 1.64 bits per heavy atom. The Morgan fingerprint density at radius 3 is 2.14 bits per heavy atom. The van der Waals surface area contributed by atoms with Crippen LogP contribution in [-0.4, -0.2) is 23.8 Å². The van der Waals surface area contributed by atoms with Crippen LogP contribution in [0.4, 0.5) is 8.78 Å². The zero-order chi connectivity index (χ0) is 16.7. The second kappa shape index (κ2) is 9.11. The standard InChI is InChI=1S/C16H25BF2O3/c1-4-5-13-6-8-14(9-7-13)10-22-12(3)16(19)15(18)11(2)17(20)21/h13-14,20-21H,2-10H2,1H3/b16-15-. The smallest absolute Gasteiger partial charge is 0.490 e. The first-order chi connectivity index (χ1) is 10.4. The van der Waals surface area contributed by atoms with Crippen LogP contribution in [0.5, 0.6) is 0 Å². The summed E-state index contributed by atoms with van der Waals surface area (Å²) in [5.41, 5.74) is -0.748. The molecule has 124 valence electrons. The molecular formula is C16H25BF2O3. The lowest BCUT2D eigenvalue weighted by atomic mass is 9.79. The van der Waals surface area contributed by atoms with E-state index in [1.165, 1.54) is 12.8 Å². The molecule has 6 heteroatoms. The van der Waals surface area contributed by atoms with Crippen LogP contribution in [0.15, 0.2) is 36.0 Å². The van der Waals surface area contributed by atoms with E-state index in [4.69, 9.17) is 14.8 Å². The number of hydrogen-bond donors (Lipinski definition) is 2. The van der Waals surface area contributed by atoms with Crippen molar-refractivity contribution < 1.29 is 23.6 Å². The molecule has 3 nitrogen and oxygen atoms in total. The van der Waals surface area contributed by atoms with Crippen LogP contribution in [0.1, 0.15) is 45.4 Å². The molecule has 0 bridgehead atoms. The minimum atomic E-state index is -2.15. The second-order valence-electron chi connectivity index (χ2n) is 5.94. The molecule has 1 fully saturated rings. The number of allylic oxidation sites excluding steroid dienone is 3. The van der Waals surface area contributed by atoms with Crippen molar-refractivity contribution in [2.75, 3.05) is 6.61 Å². The lowest BCUT2D eigenvalue weighted by molar-refractivity contribution is 0.126. The van der Waals surface area contributed by atoms with Crippen molar-refractivity contribution in [2.45, 2.75) is 45.4 Å². The molecule has 1 rings (SSSR count). The monoisotopic (exact) mass is 314 g/mol. The van der Waals surface area contributed by atoms with Gasteiger partial charge in [-0.05, 0) is 24.7 Å². The quantitative estimate of drug-likeness (QED) is 0.406. The summed E-state index contributed by atoms with van der Waals surface area (Å²) in [4.78, 5) is 0. The van der Waals surface area contributed by atoms with Crippen molar-refractivity contribution in [3.63, 3.8) is 0 Å². The SMILES string of the molecule is C=C(OCC1CCC(CCC)CC1)/C(F)=C(/F)C(=C)B(O)O. The maximum absolute atomic E-state index is 13.7. The van der Waals surface area contributed by atoms with Crippen molar-refractivity contribution >= 4 is 7.12 Å². The first kappa shape index (κ1) is 18.9. The molecule has 0 unspecified atom stereocenters. The molecule has 0 heterocycles. The van der Waals surface area contributed by atoms with Gasteiger partial charge < -0.3 is 14.8 Å². The molecule has 1 aliphatic carbocycles. The zero-order valence-electron chi connectivity index (χ0n) is 13.2. The fraction of sp³-hybridized carbons (Fsp3) is 0.625. The van der Waals surface area contributed by atoms with Gasteiger partial charge >= 0.3 is 7.12 Å². The van der Waals surface area contributed by atoms with Gasteiger partial charge in [0.05, 0.1) is 6.61 Å². The highest BCUT2D eigenvalue weighted by Gasteiger charge is 2.24. The summed E-state index contributed by atoms with van der Waals surface area (Å²) in [5.74, 6) is -2.11. The zero-order valence-corrected chi connectivity index (χ0v) is 13.2. The summed E-state index contributed by atoms with van der Waals surface area (Å²) in [6, 6.07) is 0. The van der Waals surface area contributed by atoms with Gasteiger partial charge in [-0.25, -0.2) is 4.39 Å². The summed E-state index contributed by atoms with van der Waals surface area (Å²) < 4.78 is 32.5. The van der Waals surface area contributed by atoms with E-state index in [1.807, 2.05) is 0 Å². The Kier molecular flexibility index (Phi) is 7.83. The average Bonchev–Trinajstić information content (AvgIpc) is 2.51. The van der Waals surface area contributed by atoms with Gasteiger partial charge in [0.2, 0.25) is 0 Å². The van der Waals surface area contributed by atoms with Crippen LogP contribution in [-0.2, 0) is 4.74 Å². The van der Waals surface area contributed by atoms with E-state index < -0.39 is 30.0 Å². The molecule has 0 radical (unpaired) electrons. The number of ether oxygens (including phenoxy) is 1. The van der Waals surface area contributed by atoms with Crippen molar-refractivity contribution in [3.05, 3.63) is 36.0 Å². The van der Waals surface area contributed by atoms with E-state index in [2.05, 4.69) is 20.1 Å². The van der Waals surface area contributed by atoms with Gasteiger partial charge in [0.15, 0.2) is 17.4 Å². The Morgan fingerprint density at radius 1 is 1.09 bits per heavy atom. The van der Waals surface area contributed by atoms with Crippen LogP contribution in [0.25, 0.3) is 0 Å². The van der Waals surface area contributed by atoms with Crippen molar-refractivity contribution in [2.24, 2.45) is 11.8 Å². The fourth-order valence-electron chi connectivity index (χ4n) is 2.75. The largest absolute Gasteiger partial charge is 0.491 e. The minimum absolute atomic E-state index is 0.298. The van der Waals surface area contributed by atoms with E-state index in [-0.39, 0.29) is 0 Å². The summed E-state index contributed by atoms with van der Waals surface area (Å²) in [6.07, 6.45) is 6.78. The molecule has 22 heavy (non-hydrogen) atoms. The molecule has 1 aliphatic rings. The lowest BCUT2D eigenvalue weighted by Crippen LogP contribution is -2.19. The molecule has 0 atom stereocenters. The Hall–Kier alpha value is -1.14. The first-order valence-electron chi connectivity index (χ1n) is 7.79. The van der Waals surface area contributed by atoms with Crippen molar-refractivity contribution in [3.8, 4) is 0 Å². The van der Waals surface area contributed by atoms with Gasteiger partial charge in [-0.2, -0.15) is 4.39 Å². The van der Waals surface area contributed by atoms with Gasteiger partial charge in [-0.3, -0.25) is 0 Å². The molecular weight excluding hydrogens is 289 g/mol. The predicted octanol–water partition coefficient (Wildman–Crippen LogP) is 3.84. The Labute approximate surface area is 131 Å². The van der Waals surface area contributed by atoms with E-state index in [0.717, 1.165) is 31.6 Å². The van der Waals surface area contributed by atoms with Gasteiger partial charge in [-0.1, -0.05) is 45.8 Å². The lowest BCUT2D eigenvalue weighted by Gasteiger charge is -2.28. The van der Waals surface area contributed by atoms with Crippen molar-refractivity contribution in [1.82, 2.24) is 0 Å². The minimum Gasteiger partial charge on any atom is -0.491 e.